The molecule has 1 aliphatic carbocycles. The molecular formula is C67H48O4S. The van der Waals surface area contributed by atoms with E-state index in [9.17, 15) is 0 Å². The van der Waals surface area contributed by atoms with Gasteiger partial charge in [-0.2, -0.15) is 0 Å². The van der Waals surface area contributed by atoms with Crippen LogP contribution in [-0.4, -0.2) is 0 Å². The minimum Gasteiger partial charge on any atom is -0.466 e. The summed E-state index contributed by atoms with van der Waals surface area (Å²) in [7, 11) is 0. The van der Waals surface area contributed by atoms with Crippen molar-refractivity contribution in [1.29, 1.82) is 0 Å². The molecule has 0 unspecified atom stereocenters. The van der Waals surface area contributed by atoms with Crippen LogP contribution in [0.1, 0.15) is 55.6 Å². The molecule has 1 aliphatic heterocycles. The summed E-state index contributed by atoms with van der Waals surface area (Å²) in [5.41, 5.74) is 11.3. The lowest BCUT2D eigenvalue weighted by Crippen LogP contribution is -2.36. The lowest BCUT2D eigenvalue weighted by molar-refractivity contribution is 0.475. The van der Waals surface area contributed by atoms with Crippen LogP contribution in [0.25, 0.3) is 21.5 Å². The van der Waals surface area contributed by atoms with Crippen LogP contribution in [0.3, 0.4) is 0 Å². The Morgan fingerprint density at radius 1 is 0.347 bits per heavy atom. The highest BCUT2D eigenvalue weighted by molar-refractivity contribution is 7.99. The molecule has 0 bridgehead atoms. The number of rotatable bonds is 13. The van der Waals surface area contributed by atoms with Crippen LogP contribution in [0, 0.1) is 0 Å². The molecule has 0 saturated carbocycles. The summed E-state index contributed by atoms with van der Waals surface area (Å²) in [5.74, 6) is 2.99. The van der Waals surface area contributed by atoms with Gasteiger partial charge < -0.3 is 18.9 Å². The standard InChI is InChI=1S/C67H48O4S/c1-3-68-56-35-29-52(30-36-56)66(60-17-7-5-15-50(60)41-51-16-6-8-18-61(51)66)53-31-37-57(38-32-53)70-39-13-14-40-71-59-34-26-47-43-55(28-24-49(47)45-59)67(54-27-23-48-44-58(69-4-2)33-25-46(48)42-54)62-19-9-11-21-64(62)72-65-22-12-10-20-63(65)67/h3-40,42-45H,1-2,41H2/b39-13+,40-14+. The SMILES string of the molecule is C=COc1ccc(C2(c3ccc(O/C=C/C=C/Oc4ccc5cc(C6(c7ccc8cc(OC=C)ccc8c7)c7ccccc7Sc7ccccc76)ccc5c4)cc3)c3ccccc3Cc3ccccc32)cc1. The van der Waals surface area contributed by atoms with Crippen molar-refractivity contribution in [2.24, 2.45) is 0 Å². The van der Waals surface area contributed by atoms with E-state index < -0.39 is 10.8 Å². The molecule has 4 nitrogen and oxygen atoms in total. The second-order valence-corrected chi connectivity index (χ2v) is 19.1. The normalized spacial score (nSPS) is 13.9. The van der Waals surface area contributed by atoms with Crippen molar-refractivity contribution in [2.45, 2.75) is 27.0 Å². The summed E-state index contributed by atoms with van der Waals surface area (Å²) in [6.07, 6.45) is 10.8. The predicted molar refractivity (Wildman–Crippen MR) is 293 cm³/mol. The Morgan fingerprint density at radius 3 is 1.22 bits per heavy atom. The van der Waals surface area contributed by atoms with Crippen molar-refractivity contribution in [3.63, 3.8) is 0 Å². The Kier molecular flexibility index (Phi) is 11.6. The van der Waals surface area contributed by atoms with Gasteiger partial charge in [0.05, 0.1) is 35.9 Å². The molecule has 5 heteroatoms. The van der Waals surface area contributed by atoms with Crippen molar-refractivity contribution in [1.82, 2.24) is 0 Å². The summed E-state index contributed by atoms with van der Waals surface area (Å²) in [6.45, 7) is 7.49. The van der Waals surface area contributed by atoms with Gasteiger partial charge in [0.1, 0.15) is 23.0 Å². The van der Waals surface area contributed by atoms with Gasteiger partial charge >= 0.3 is 0 Å². The Morgan fingerprint density at radius 2 is 0.708 bits per heavy atom. The van der Waals surface area contributed by atoms with E-state index in [0.29, 0.717) is 0 Å². The van der Waals surface area contributed by atoms with E-state index in [1.54, 1.807) is 12.5 Å². The van der Waals surface area contributed by atoms with E-state index in [4.69, 9.17) is 18.9 Å². The van der Waals surface area contributed by atoms with Crippen molar-refractivity contribution >= 4 is 33.3 Å². The van der Waals surface area contributed by atoms with Crippen LogP contribution >= 0.6 is 11.8 Å². The van der Waals surface area contributed by atoms with E-state index in [1.807, 2.05) is 60.3 Å². The van der Waals surface area contributed by atoms with Crippen molar-refractivity contribution in [3.8, 4) is 23.0 Å². The van der Waals surface area contributed by atoms with Gasteiger partial charge in [-0.1, -0.05) is 171 Å². The van der Waals surface area contributed by atoms with Gasteiger partial charge in [0.2, 0.25) is 0 Å². The van der Waals surface area contributed by atoms with E-state index in [1.165, 1.54) is 66.8 Å². The fraction of sp³-hybridized carbons (Fsp3) is 0.0448. The van der Waals surface area contributed by atoms with Gasteiger partial charge in [0.15, 0.2) is 0 Å². The number of fused-ring (bicyclic) bond motifs is 6. The summed E-state index contributed by atoms with van der Waals surface area (Å²) < 4.78 is 23.6. The van der Waals surface area contributed by atoms with Gasteiger partial charge in [0, 0.05) is 9.79 Å². The highest BCUT2D eigenvalue weighted by atomic mass is 32.2. The number of hydrogen-bond donors (Lipinski definition) is 0. The molecule has 2 aliphatic rings. The quantitative estimate of drug-likeness (QED) is 0.0850. The lowest BCUT2D eigenvalue weighted by atomic mass is 9.60. The molecular weight excluding hydrogens is 901 g/mol. The van der Waals surface area contributed by atoms with Gasteiger partial charge in [-0.15, -0.1) is 0 Å². The smallest absolute Gasteiger partial charge is 0.127 e. The van der Waals surface area contributed by atoms with Crippen LogP contribution < -0.4 is 18.9 Å². The van der Waals surface area contributed by atoms with Crippen LogP contribution in [-0.2, 0) is 17.3 Å². The highest BCUT2D eigenvalue weighted by Crippen LogP contribution is 2.57. The molecule has 12 rings (SSSR count). The monoisotopic (exact) mass is 948 g/mol. The van der Waals surface area contributed by atoms with E-state index >= 15 is 0 Å². The Hall–Kier alpha value is -8.77. The van der Waals surface area contributed by atoms with E-state index in [0.717, 1.165) is 62.1 Å². The first kappa shape index (κ1) is 44.4. The molecule has 0 spiro atoms. The van der Waals surface area contributed by atoms with Crippen molar-refractivity contribution < 1.29 is 18.9 Å². The number of benzene rings is 10. The van der Waals surface area contributed by atoms with Gasteiger partial charge in [-0.25, -0.2) is 0 Å². The predicted octanol–water partition coefficient (Wildman–Crippen LogP) is 16.7. The molecule has 0 fully saturated rings. The minimum atomic E-state index is -0.574. The zero-order valence-electron chi connectivity index (χ0n) is 39.4. The van der Waals surface area contributed by atoms with Crippen LogP contribution in [0.15, 0.2) is 279 Å². The van der Waals surface area contributed by atoms with Crippen LogP contribution in [0.4, 0.5) is 0 Å². The molecule has 10 aromatic carbocycles. The van der Waals surface area contributed by atoms with Crippen molar-refractivity contribution in [2.75, 3.05) is 0 Å². The molecule has 0 radical (unpaired) electrons. The zero-order valence-corrected chi connectivity index (χ0v) is 40.2. The maximum absolute atomic E-state index is 6.16. The summed E-state index contributed by atoms with van der Waals surface area (Å²) in [4.78, 5) is 2.50. The summed E-state index contributed by atoms with van der Waals surface area (Å²) in [5, 5.41) is 4.46. The molecule has 0 saturated heterocycles. The summed E-state index contributed by atoms with van der Waals surface area (Å²) >= 11 is 1.84. The average Bonchev–Trinajstić information content (AvgIpc) is 3.43. The topological polar surface area (TPSA) is 36.9 Å². The third-order valence-corrected chi connectivity index (χ3v) is 15.4. The molecule has 0 atom stereocenters. The number of ether oxygens (including phenoxy) is 4. The second-order valence-electron chi connectivity index (χ2n) is 18.0. The molecule has 10 aromatic rings. The summed E-state index contributed by atoms with van der Waals surface area (Å²) in [6, 6.07) is 78.2. The molecule has 346 valence electrons. The number of allylic oxidation sites excluding steroid dienone is 2. The molecule has 72 heavy (non-hydrogen) atoms. The Bertz CT molecular complexity index is 3660. The lowest BCUT2D eigenvalue weighted by Gasteiger charge is -2.42. The molecule has 0 aromatic heterocycles. The van der Waals surface area contributed by atoms with Crippen LogP contribution in [0.5, 0.6) is 23.0 Å². The molecule has 0 amide bonds. The van der Waals surface area contributed by atoms with Gasteiger partial charge in [-0.3, -0.25) is 0 Å². The fourth-order valence-corrected chi connectivity index (χ4v) is 12.3. The first-order chi connectivity index (χ1) is 35.6. The first-order valence-corrected chi connectivity index (χ1v) is 24.9. The minimum absolute atomic E-state index is 0.543. The van der Waals surface area contributed by atoms with Gasteiger partial charge in [-0.05, 0) is 169 Å². The van der Waals surface area contributed by atoms with Crippen LogP contribution in [0.2, 0.25) is 0 Å². The first-order valence-electron chi connectivity index (χ1n) is 24.1. The Balaban J connectivity index is 0.801. The second kappa shape index (κ2) is 18.9. The third kappa shape index (κ3) is 7.67. The maximum atomic E-state index is 6.16. The van der Waals surface area contributed by atoms with E-state index in [-0.39, 0.29) is 0 Å². The highest BCUT2D eigenvalue weighted by Gasteiger charge is 2.45. The third-order valence-electron chi connectivity index (χ3n) is 14.2. The number of hydrogen-bond acceptors (Lipinski definition) is 5. The maximum Gasteiger partial charge on any atom is 0.127 e. The largest absolute Gasteiger partial charge is 0.466 e. The Labute approximate surface area is 424 Å². The molecule has 1 heterocycles. The zero-order chi connectivity index (χ0) is 48.5. The van der Waals surface area contributed by atoms with E-state index in [2.05, 4.69) is 195 Å². The van der Waals surface area contributed by atoms with Crippen molar-refractivity contribution in [3.05, 3.63) is 324 Å². The molecule has 0 N–H and O–H groups in total. The van der Waals surface area contributed by atoms with Gasteiger partial charge in [0.25, 0.3) is 0 Å². The fourth-order valence-electron chi connectivity index (χ4n) is 11.1. The average molecular weight is 949 g/mol.